The number of benzene rings is 2. The Bertz CT molecular complexity index is 1120. The van der Waals surface area contributed by atoms with Gasteiger partial charge in [-0.25, -0.2) is 4.39 Å². The summed E-state index contributed by atoms with van der Waals surface area (Å²) in [5, 5.41) is 0.681. The molecule has 1 amide bonds. The molecule has 0 spiro atoms. The molecule has 1 aliphatic heterocycles. The van der Waals surface area contributed by atoms with Crippen molar-refractivity contribution in [2.24, 2.45) is 0 Å². The van der Waals surface area contributed by atoms with Gasteiger partial charge in [0.15, 0.2) is 5.43 Å². The van der Waals surface area contributed by atoms with Crippen molar-refractivity contribution in [2.45, 2.75) is 6.04 Å². The molecular formula is C21H18ClFN2O3. The zero-order valence-corrected chi connectivity index (χ0v) is 16.2. The zero-order chi connectivity index (χ0) is 20.0. The van der Waals surface area contributed by atoms with E-state index in [1.807, 2.05) is 19.0 Å². The minimum Gasteiger partial charge on any atom is -0.450 e. The molecule has 2 aromatic carbocycles. The molecule has 1 unspecified atom stereocenters. The predicted molar refractivity (Wildman–Crippen MR) is 105 cm³/mol. The lowest BCUT2D eigenvalue weighted by Crippen LogP contribution is -2.35. The van der Waals surface area contributed by atoms with Gasteiger partial charge in [-0.2, -0.15) is 0 Å². The summed E-state index contributed by atoms with van der Waals surface area (Å²) in [5.41, 5.74) is 0.793. The van der Waals surface area contributed by atoms with Crippen LogP contribution in [0.1, 0.15) is 27.7 Å². The SMILES string of the molecule is CN(C)CCN1C(=O)c2oc3ccc(F)cc3c(=O)c2C1c1ccc(Cl)cc1. The van der Waals surface area contributed by atoms with E-state index in [9.17, 15) is 14.0 Å². The third kappa shape index (κ3) is 3.08. The molecule has 4 rings (SSSR count). The van der Waals surface area contributed by atoms with Crippen molar-refractivity contribution < 1.29 is 13.6 Å². The van der Waals surface area contributed by atoms with Crippen LogP contribution < -0.4 is 5.43 Å². The molecule has 2 heterocycles. The first-order valence-electron chi connectivity index (χ1n) is 8.84. The van der Waals surface area contributed by atoms with E-state index in [-0.39, 0.29) is 28.2 Å². The highest BCUT2D eigenvalue weighted by Crippen LogP contribution is 2.38. The number of fused-ring (bicyclic) bond motifs is 2. The third-order valence-electron chi connectivity index (χ3n) is 4.90. The minimum atomic E-state index is -0.608. The van der Waals surface area contributed by atoms with Crippen molar-refractivity contribution in [1.29, 1.82) is 0 Å². The molecule has 0 aliphatic carbocycles. The second-order valence-corrected chi connectivity index (χ2v) is 7.51. The molecule has 28 heavy (non-hydrogen) atoms. The van der Waals surface area contributed by atoms with E-state index in [4.69, 9.17) is 16.0 Å². The van der Waals surface area contributed by atoms with Gasteiger partial charge in [0.2, 0.25) is 5.76 Å². The summed E-state index contributed by atoms with van der Waals surface area (Å²) in [7, 11) is 3.82. The largest absolute Gasteiger partial charge is 0.450 e. The van der Waals surface area contributed by atoms with Crippen LogP contribution in [0.3, 0.4) is 0 Å². The molecular weight excluding hydrogens is 383 g/mol. The Morgan fingerprint density at radius 2 is 1.86 bits per heavy atom. The monoisotopic (exact) mass is 400 g/mol. The molecule has 1 atom stereocenters. The predicted octanol–water partition coefficient (Wildman–Crippen LogP) is 3.69. The van der Waals surface area contributed by atoms with Gasteiger partial charge >= 0.3 is 0 Å². The summed E-state index contributed by atoms with van der Waals surface area (Å²) in [5.74, 6) is -0.862. The molecule has 1 aromatic heterocycles. The fourth-order valence-electron chi connectivity index (χ4n) is 3.52. The first-order chi connectivity index (χ1) is 13.4. The third-order valence-corrected chi connectivity index (χ3v) is 5.15. The lowest BCUT2D eigenvalue weighted by molar-refractivity contribution is 0.0716. The number of halogens is 2. The summed E-state index contributed by atoms with van der Waals surface area (Å²) in [6.07, 6.45) is 0. The lowest BCUT2D eigenvalue weighted by Gasteiger charge is -2.26. The van der Waals surface area contributed by atoms with E-state index in [1.54, 1.807) is 29.2 Å². The van der Waals surface area contributed by atoms with Crippen LogP contribution in [0.2, 0.25) is 5.02 Å². The highest BCUT2D eigenvalue weighted by atomic mass is 35.5. The number of likely N-dealkylation sites (N-methyl/N-ethyl adjacent to an activating group) is 1. The topological polar surface area (TPSA) is 53.8 Å². The Morgan fingerprint density at radius 1 is 1.14 bits per heavy atom. The second-order valence-electron chi connectivity index (χ2n) is 7.07. The minimum absolute atomic E-state index is 0.0165. The van der Waals surface area contributed by atoms with E-state index in [0.717, 1.165) is 11.6 Å². The van der Waals surface area contributed by atoms with Crippen LogP contribution in [-0.4, -0.2) is 42.9 Å². The fraction of sp³-hybridized carbons (Fsp3) is 0.238. The summed E-state index contributed by atoms with van der Waals surface area (Å²) in [6.45, 7) is 1.03. The van der Waals surface area contributed by atoms with Crippen molar-refractivity contribution in [3.05, 3.63) is 80.4 Å². The van der Waals surface area contributed by atoms with Gasteiger partial charge < -0.3 is 14.2 Å². The Morgan fingerprint density at radius 3 is 2.54 bits per heavy atom. The molecule has 0 saturated carbocycles. The average molecular weight is 401 g/mol. The number of hydrogen-bond acceptors (Lipinski definition) is 4. The highest BCUT2D eigenvalue weighted by molar-refractivity contribution is 6.30. The molecule has 7 heteroatoms. The molecule has 0 N–H and O–H groups in total. The van der Waals surface area contributed by atoms with Crippen molar-refractivity contribution in [3.63, 3.8) is 0 Å². The maximum absolute atomic E-state index is 13.7. The van der Waals surface area contributed by atoms with Gasteiger partial charge in [-0.1, -0.05) is 23.7 Å². The highest BCUT2D eigenvalue weighted by Gasteiger charge is 2.42. The van der Waals surface area contributed by atoms with Crippen LogP contribution in [0.25, 0.3) is 11.0 Å². The molecule has 5 nitrogen and oxygen atoms in total. The molecule has 0 saturated heterocycles. The molecule has 0 fully saturated rings. The summed E-state index contributed by atoms with van der Waals surface area (Å²) >= 11 is 6.00. The molecule has 0 radical (unpaired) electrons. The van der Waals surface area contributed by atoms with Gasteiger partial charge in [0.05, 0.1) is 17.0 Å². The first-order valence-corrected chi connectivity index (χ1v) is 9.22. The van der Waals surface area contributed by atoms with Crippen LogP contribution in [0.4, 0.5) is 4.39 Å². The number of nitrogens with zero attached hydrogens (tertiary/aromatic N) is 2. The van der Waals surface area contributed by atoms with Gasteiger partial charge in [0, 0.05) is 18.1 Å². The van der Waals surface area contributed by atoms with Crippen LogP contribution in [0.5, 0.6) is 0 Å². The number of hydrogen-bond donors (Lipinski definition) is 0. The van der Waals surface area contributed by atoms with Crippen LogP contribution in [0.15, 0.2) is 51.7 Å². The van der Waals surface area contributed by atoms with E-state index >= 15 is 0 Å². The summed E-state index contributed by atoms with van der Waals surface area (Å²) in [4.78, 5) is 29.9. The molecule has 3 aromatic rings. The second kappa shape index (κ2) is 7.04. The van der Waals surface area contributed by atoms with E-state index < -0.39 is 17.3 Å². The maximum atomic E-state index is 13.7. The van der Waals surface area contributed by atoms with Gasteiger partial charge in [-0.15, -0.1) is 0 Å². The number of carbonyl (C=O) groups excluding carboxylic acids is 1. The van der Waals surface area contributed by atoms with Crippen LogP contribution >= 0.6 is 11.6 Å². The van der Waals surface area contributed by atoms with Crippen molar-refractivity contribution in [1.82, 2.24) is 9.80 Å². The van der Waals surface area contributed by atoms with E-state index in [0.29, 0.717) is 18.1 Å². The Labute approximate surface area is 165 Å². The normalized spacial score (nSPS) is 16.2. The number of amides is 1. The van der Waals surface area contributed by atoms with Gasteiger partial charge in [0.1, 0.15) is 11.4 Å². The zero-order valence-electron chi connectivity index (χ0n) is 15.4. The van der Waals surface area contributed by atoms with Crippen LogP contribution in [-0.2, 0) is 0 Å². The molecule has 0 bridgehead atoms. The Kier molecular flexibility index (Phi) is 4.69. The molecule has 1 aliphatic rings. The lowest BCUT2D eigenvalue weighted by atomic mass is 9.98. The Hall–Kier alpha value is -2.70. The average Bonchev–Trinajstić information content (AvgIpc) is 2.94. The number of rotatable bonds is 4. The van der Waals surface area contributed by atoms with E-state index in [2.05, 4.69) is 0 Å². The van der Waals surface area contributed by atoms with Crippen LogP contribution in [0, 0.1) is 5.82 Å². The van der Waals surface area contributed by atoms with E-state index in [1.165, 1.54) is 12.1 Å². The van der Waals surface area contributed by atoms with Gasteiger partial charge in [-0.05, 0) is 50.0 Å². The van der Waals surface area contributed by atoms with Gasteiger partial charge in [-0.3, -0.25) is 9.59 Å². The van der Waals surface area contributed by atoms with Crippen molar-refractivity contribution >= 4 is 28.5 Å². The smallest absolute Gasteiger partial charge is 0.290 e. The van der Waals surface area contributed by atoms with Gasteiger partial charge in [0.25, 0.3) is 5.91 Å². The maximum Gasteiger partial charge on any atom is 0.290 e. The quantitative estimate of drug-likeness (QED) is 0.670. The standard InChI is InChI=1S/C21H18ClFN2O3/c1-24(2)9-10-25-18(12-3-5-13(22)6-4-12)17-19(26)15-11-14(23)7-8-16(15)28-20(17)21(25)27/h3-8,11,18H,9-10H2,1-2H3. The summed E-state index contributed by atoms with van der Waals surface area (Å²) < 4.78 is 19.5. The molecule has 144 valence electrons. The fourth-order valence-corrected chi connectivity index (χ4v) is 3.65. The summed E-state index contributed by atoms with van der Waals surface area (Å²) in [6, 6.07) is 10.1. The van der Waals surface area contributed by atoms with Crippen molar-refractivity contribution in [2.75, 3.05) is 27.2 Å². The Balaban J connectivity index is 1.94. The number of carbonyl (C=O) groups is 1. The van der Waals surface area contributed by atoms with Crippen molar-refractivity contribution in [3.8, 4) is 0 Å². The first kappa shape index (κ1) is 18.7.